The van der Waals surface area contributed by atoms with Crippen molar-refractivity contribution in [3.05, 3.63) is 99.5 Å². The summed E-state index contributed by atoms with van der Waals surface area (Å²) < 4.78 is 28.3. The summed E-state index contributed by atoms with van der Waals surface area (Å²) >= 11 is 0. The topological polar surface area (TPSA) is 88.4 Å². The summed E-state index contributed by atoms with van der Waals surface area (Å²) in [6.07, 6.45) is 3.42. The number of halogens is 2. The molecule has 184 valence electrons. The zero-order chi connectivity index (χ0) is 25.4. The molecule has 1 atom stereocenters. The lowest BCUT2D eigenvalue weighted by Gasteiger charge is -2.16. The van der Waals surface area contributed by atoms with E-state index in [2.05, 4.69) is 20.7 Å². The van der Waals surface area contributed by atoms with Crippen LogP contribution in [0.2, 0.25) is 0 Å². The van der Waals surface area contributed by atoms with E-state index in [1.165, 1.54) is 17.2 Å². The van der Waals surface area contributed by atoms with Crippen molar-refractivity contribution >= 4 is 17.3 Å². The Kier molecular flexibility index (Phi) is 6.32. The molecule has 2 aromatic carbocycles. The highest BCUT2D eigenvalue weighted by Crippen LogP contribution is 2.35. The van der Waals surface area contributed by atoms with E-state index in [1.807, 2.05) is 19.1 Å². The highest BCUT2D eigenvalue weighted by molar-refractivity contribution is 5.96. The lowest BCUT2D eigenvalue weighted by molar-refractivity contribution is 0.0945. The summed E-state index contributed by atoms with van der Waals surface area (Å²) in [7, 11) is 0. The minimum absolute atomic E-state index is 0.0379. The Bertz CT molecular complexity index is 1500. The van der Waals surface area contributed by atoms with E-state index in [9.17, 15) is 18.4 Å². The van der Waals surface area contributed by atoms with Gasteiger partial charge in [-0.05, 0) is 67.1 Å². The molecule has 0 radical (unpaired) electrons. The van der Waals surface area contributed by atoms with Crippen molar-refractivity contribution < 1.29 is 18.4 Å². The summed E-state index contributed by atoms with van der Waals surface area (Å²) in [4.78, 5) is 29.1. The van der Waals surface area contributed by atoms with Crippen molar-refractivity contribution in [2.24, 2.45) is 0 Å². The first kappa shape index (κ1) is 23.7. The van der Waals surface area contributed by atoms with Crippen LogP contribution in [-0.2, 0) is 19.5 Å². The minimum atomic E-state index is -0.963. The van der Waals surface area contributed by atoms with Gasteiger partial charge in [0.1, 0.15) is 5.69 Å². The van der Waals surface area contributed by atoms with Crippen LogP contribution < -0.4 is 10.6 Å². The van der Waals surface area contributed by atoms with Crippen LogP contribution in [0.4, 0.5) is 8.78 Å². The summed E-state index contributed by atoms with van der Waals surface area (Å²) in [6.45, 7) is 4.07. The van der Waals surface area contributed by atoms with E-state index in [0.717, 1.165) is 41.8 Å². The normalized spacial score (nSPS) is 14.7. The first-order chi connectivity index (χ1) is 17.3. The van der Waals surface area contributed by atoms with Crippen LogP contribution in [0.25, 0.3) is 5.65 Å². The molecular formula is C27H25F2N5O2. The molecule has 1 aliphatic carbocycles. The van der Waals surface area contributed by atoms with Crippen molar-refractivity contribution in [1.82, 2.24) is 25.2 Å². The van der Waals surface area contributed by atoms with Gasteiger partial charge in [0.25, 0.3) is 5.91 Å². The molecule has 5 rings (SSSR count). The number of rotatable bonds is 7. The first-order valence-corrected chi connectivity index (χ1v) is 11.7. The number of carbonyl (C=O) groups excluding carboxylic acids is 2. The standard InChI is InChI=1S/C27H25F2N5O2/c1-15-19(16(2)35)4-5-21-20(15)6-8-24(21)30-14-18-12-25(33-26-9-10-32-34(18)26)27(36)31-13-17-3-7-22(28)23(29)11-17/h3-5,7,9-12,24,30H,6,8,13-14H2,1-2H3,(H,31,36)/t24-/m0/s1. The van der Waals surface area contributed by atoms with Gasteiger partial charge in [0, 0.05) is 30.8 Å². The van der Waals surface area contributed by atoms with Gasteiger partial charge in [0.2, 0.25) is 0 Å². The Morgan fingerprint density at radius 3 is 2.69 bits per heavy atom. The molecule has 0 saturated heterocycles. The molecule has 0 unspecified atom stereocenters. The number of nitrogens with zero attached hydrogens (tertiary/aromatic N) is 3. The number of aromatic nitrogens is 3. The van der Waals surface area contributed by atoms with Crippen LogP contribution in [0, 0.1) is 18.6 Å². The second kappa shape index (κ2) is 9.58. The van der Waals surface area contributed by atoms with E-state index in [4.69, 9.17) is 0 Å². The molecule has 1 amide bonds. The summed E-state index contributed by atoms with van der Waals surface area (Å²) in [5.74, 6) is -2.26. The van der Waals surface area contributed by atoms with Crippen molar-refractivity contribution in [1.29, 1.82) is 0 Å². The molecule has 0 fully saturated rings. The number of carbonyl (C=O) groups is 2. The van der Waals surface area contributed by atoms with Crippen LogP contribution in [0.15, 0.2) is 48.7 Å². The summed E-state index contributed by atoms with van der Waals surface area (Å²) in [5.41, 5.74) is 6.15. The molecule has 2 N–H and O–H groups in total. The van der Waals surface area contributed by atoms with Crippen LogP contribution in [-0.4, -0.2) is 26.3 Å². The van der Waals surface area contributed by atoms with Crippen LogP contribution in [0.1, 0.15) is 68.2 Å². The average Bonchev–Trinajstić information content (AvgIpc) is 3.50. The number of fused-ring (bicyclic) bond motifs is 2. The molecule has 0 saturated carbocycles. The molecule has 7 nitrogen and oxygen atoms in total. The lowest BCUT2D eigenvalue weighted by Crippen LogP contribution is -2.26. The number of Topliss-reactive ketones (excluding diaryl/α,β-unsaturated/α-hetero) is 1. The fourth-order valence-corrected chi connectivity index (χ4v) is 4.84. The molecule has 1 aliphatic rings. The summed E-state index contributed by atoms with van der Waals surface area (Å²) in [6, 6.07) is 10.9. The van der Waals surface area contributed by atoms with Gasteiger partial charge in [-0.25, -0.2) is 18.3 Å². The SMILES string of the molecule is CC(=O)c1ccc2c(c1C)CC[C@@H]2NCc1cc(C(=O)NCc2ccc(F)c(F)c2)nc2ccnn12. The van der Waals surface area contributed by atoms with Gasteiger partial charge in [0.15, 0.2) is 23.1 Å². The number of benzene rings is 2. The maximum absolute atomic E-state index is 13.5. The van der Waals surface area contributed by atoms with E-state index in [0.29, 0.717) is 17.8 Å². The minimum Gasteiger partial charge on any atom is -0.347 e. The Labute approximate surface area is 206 Å². The molecule has 2 heterocycles. The fraction of sp³-hybridized carbons (Fsp3) is 0.259. The number of amides is 1. The van der Waals surface area contributed by atoms with E-state index in [-0.39, 0.29) is 24.1 Å². The number of ketones is 1. The second-order valence-electron chi connectivity index (χ2n) is 9.00. The predicted octanol–water partition coefficient (Wildman–Crippen LogP) is 4.23. The van der Waals surface area contributed by atoms with Gasteiger partial charge in [-0.2, -0.15) is 5.10 Å². The van der Waals surface area contributed by atoms with Gasteiger partial charge in [-0.15, -0.1) is 0 Å². The first-order valence-electron chi connectivity index (χ1n) is 11.7. The van der Waals surface area contributed by atoms with Crippen LogP contribution in [0.5, 0.6) is 0 Å². The highest BCUT2D eigenvalue weighted by Gasteiger charge is 2.25. The zero-order valence-corrected chi connectivity index (χ0v) is 19.9. The monoisotopic (exact) mass is 489 g/mol. The Hall–Kier alpha value is -3.98. The number of hydrogen-bond donors (Lipinski definition) is 2. The molecule has 0 spiro atoms. The van der Waals surface area contributed by atoms with E-state index < -0.39 is 17.5 Å². The predicted molar refractivity (Wildman–Crippen MR) is 130 cm³/mol. The van der Waals surface area contributed by atoms with E-state index in [1.54, 1.807) is 29.8 Å². The van der Waals surface area contributed by atoms with Gasteiger partial charge >= 0.3 is 0 Å². The maximum Gasteiger partial charge on any atom is 0.270 e. The third kappa shape index (κ3) is 4.49. The largest absolute Gasteiger partial charge is 0.347 e. The Morgan fingerprint density at radius 2 is 1.92 bits per heavy atom. The van der Waals surface area contributed by atoms with Crippen molar-refractivity contribution in [2.75, 3.05) is 0 Å². The van der Waals surface area contributed by atoms with Crippen molar-refractivity contribution in [3.8, 4) is 0 Å². The molecular weight excluding hydrogens is 464 g/mol. The fourth-order valence-electron chi connectivity index (χ4n) is 4.84. The number of hydrogen-bond acceptors (Lipinski definition) is 5. The average molecular weight is 490 g/mol. The molecule has 9 heteroatoms. The van der Waals surface area contributed by atoms with Crippen LogP contribution >= 0.6 is 0 Å². The van der Waals surface area contributed by atoms with Gasteiger partial charge in [-0.1, -0.05) is 18.2 Å². The molecule has 0 bridgehead atoms. The van der Waals surface area contributed by atoms with Crippen LogP contribution in [0.3, 0.4) is 0 Å². The summed E-state index contributed by atoms with van der Waals surface area (Å²) in [5, 5.41) is 10.6. The van der Waals surface area contributed by atoms with Gasteiger partial charge < -0.3 is 10.6 Å². The molecule has 36 heavy (non-hydrogen) atoms. The highest BCUT2D eigenvalue weighted by atomic mass is 19.2. The Morgan fingerprint density at radius 1 is 1.08 bits per heavy atom. The van der Waals surface area contributed by atoms with Gasteiger partial charge in [0.05, 0.1) is 11.9 Å². The Balaban J connectivity index is 1.33. The lowest BCUT2D eigenvalue weighted by atomic mass is 9.96. The molecule has 2 aromatic heterocycles. The molecule has 4 aromatic rings. The maximum atomic E-state index is 13.5. The quantitative estimate of drug-likeness (QED) is 0.380. The molecule has 0 aliphatic heterocycles. The van der Waals surface area contributed by atoms with Gasteiger partial charge in [-0.3, -0.25) is 9.59 Å². The number of nitrogens with one attached hydrogen (secondary N) is 2. The van der Waals surface area contributed by atoms with Crippen molar-refractivity contribution in [3.63, 3.8) is 0 Å². The van der Waals surface area contributed by atoms with E-state index >= 15 is 0 Å². The second-order valence-corrected chi connectivity index (χ2v) is 9.00. The zero-order valence-electron chi connectivity index (χ0n) is 19.9. The smallest absolute Gasteiger partial charge is 0.270 e. The third-order valence-corrected chi connectivity index (χ3v) is 6.70. The third-order valence-electron chi connectivity index (χ3n) is 6.70. The van der Waals surface area contributed by atoms with Crippen molar-refractivity contribution in [2.45, 2.75) is 45.8 Å².